The van der Waals surface area contributed by atoms with Crippen molar-refractivity contribution in [2.24, 2.45) is 0 Å². The maximum absolute atomic E-state index is 11.1. The van der Waals surface area contributed by atoms with Crippen molar-refractivity contribution in [1.82, 2.24) is 4.90 Å². The van der Waals surface area contributed by atoms with Crippen molar-refractivity contribution in [3.8, 4) is 11.5 Å². The molecule has 5 nitrogen and oxygen atoms in total. The van der Waals surface area contributed by atoms with Gasteiger partial charge in [0.25, 0.3) is 0 Å². The zero-order chi connectivity index (χ0) is 21.6. The minimum Gasteiger partial charge on any atom is -0.497 e. The number of hydrogen-bond donors (Lipinski definition) is 1. The molecule has 0 amide bonds. The lowest BCUT2D eigenvalue weighted by Crippen LogP contribution is -2.45. The predicted octanol–water partition coefficient (Wildman–Crippen LogP) is 4.34. The molecule has 1 aliphatic heterocycles. The largest absolute Gasteiger partial charge is 0.497 e. The Balaban J connectivity index is 1.46. The molecule has 1 saturated heterocycles. The third kappa shape index (κ3) is 6.38. The van der Waals surface area contributed by atoms with Crippen molar-refractivity contribution >= 4 is 5.69 Å². The molecule has 1 N–H and O–H groups in total. The summed E-state index contributed by atoms with van der Waals surface area (Å²) >= 11 is 0. The lowest BCUT2D eigenvalue weighted by Gasteiger charge is -2.39. The molecule has 0 aliphatic carbocycles. The maximum atomic E-state index is 11.1. The lowest BCUT2D eigenvalue weighted by molar-refractivity contribution is -0.0275. The van der Waals surface area contributed by atoms with Gasteiger partial charge in [0.15, 0.2) is 0 Å². The molecule has 30 heavy (non-hydrogen) atoms. The molecule has 0 spiro atoms. The molecule has 1 fully saturated rings. The summed E-state index contributed by atoms with van der Waals surface area (Å²) in [7, 11) is 3.78. The van der Waals surface area contributed by atoms with Crippen LogP contribution in [0.15, 0.2) is 48.5 Å². The Morgan fingerprint density at radius 1 is 1.07 bits per heavy atom. The first-order valence-corrected chi connectivity index (χ1v) is 10.9. The second-order valence-corrected chi connectivity index (χ2v) is 8.68. The number of aliphatic hydroxyl groups is 1. The zero-order valence-corrected chi connectivity index (χ0v) is 18.8. The standard InChI is InChI=1S/C25H36N2O3/c1-20(2)30-23-10-8-22(9-11-23)26(3)15-12-25(28)13-16-27(17-14-25)19-21-6-5-7-24(18-21)29-4/h5-11,18,20,28H,12-17,19H2,1-4H3. The van der Waals surface area contributed by atoms with Crippen LogP contribution in [0.2, 0.25) is 0 Å². The number of benzene rings is 2. The van der Waals surface area contributed by atoms with Crippen LogP contribution in [0.1, 0.15) is 38.7 Å². The van der Waals surface area contributed by atoms with Crippen LogP contribution in [0.5, 0.6) is 11.5 Å². The Bertz CT molecular complexity index is 783. The van der Waals surface area contributed by atoms with E-state index in [1.54, 1.807) is 7.11 Å². The number of hydrogen-bond acceptors (Lipinski definition) is 5. The van der Waals surface area contributed by atoms with Gasteiger partial charge in [-0.05, 0) is 75.1 Å². The van der Waals surface area contributed by atoms with Gasteiger partial charge in [0.2, 0.25) is 0 Å². The second-order valence-electron chi connectivity index (χ2n) is 8.68. The average Bonchev–Trinajstić information content (AvgIpc) is 2.74. The quantitative estimate of drug-likeness (QED) is 0.664. The summed E-state index contributed by atoms with van der Waals surface area (Å²) in [5.74, 6) is 1.79. The van der Waals surface area contributed by atoms with E-state index < -0.39 is 5.60 Å². The highest BCUT2D eigenvalue weighted by Gasteiger charge is 2.32. The van der Waals surface area contributed by atoms with Crippen molar-refractivity contribution in [1.29, 1.82) is 0 Å². The fraction of sp³-hybridized carbons (Fsp3) is 0.520. The van der Waals surface area contributed by atoms with E-state index in [9.17, 15) is 5.11 Å². The first-order valence-electron chi connectivity index (χ1n) is 10.9. The minimum atomic E-state index is -0.583. The number of ether oxygens (including phenoxy) is 2. The molecule has 5 heteroatoms. The summed E-state index contributed by atoms with van der Waals surface area (Å²) in [4.78, 5) is 4.63. The van der Waals surface area contributed by atoms with Crippen LogP contribution in [0.3, 0.4) is 0 Å². The molecule has 1 heterocycles. The number of likely N-dealkylation sites (tertiary alicyclic amines) is 1. The third-order valence-electron chi connectivity index (χ3n) is 5.89. The summed E-state index contributed by atoms with van der Waals surface area (Å²) in [6, 6.07) is 16.4. The lowest BCUT2D eigenvalue weighted by atomic mass is 9.88. The fourth-order valence-corrected chi connectivity index (χ4v) is 3.96. The number of nitrogens with zero attached hydrogens (tertiary/aromatic N) is 2. The van der Waals surface area contributed by atoms with E-state index in [-0.39, 0.29) is 6.10 Å². The Morgan fingerprint density at radius 2 is 1.77 bits per heavy atom. The average molecular weight is 413 g/mol. The smallest absolute Gasteiger partial charge is 0.119 e. The third-order valence-corrected chi connectivity index (χ3v) is 5.89. The molecule has 3 rings (SSSR count). The van der Waals surface area contributed by atoms with Crippen LogP contribution in [-0.2, 0) is 6.54 Å². The van der Waals surface area contributed by atoms with Crippen molar-refractivity contribution in [2.45, 2.75) is 51.4 Å². The Labute approximate surface area is 181 Å². The van der Waals surface area contributed by atoms with E-state index in [1.807, 2.05) is 38.1 Å². The number of rotatable bonds is 9. The van der Waals surface area contributed by atoms with Gasteiger partial charge in [-0.1, -0.05) is 12.1 Å². The molecular weight excluding hydrogens is 376 g/mol. The molecular formula is C25H36N2O3. The molecule has 0 saturated carbocycles. The highest BCUT2D eigenvalue weighted by Crippen LogP contribution is 2.28. The van der Waals surface area contributed by atoms with Gasteiger partial charge in [-0.25, -0.2) is 0 Å². The minimum absolute atomic E-state index is 0.178. The SMILES string of the molecule is COc1cccc(CN2CCC(O)(CCN(C)c3ccc(OC(C)C)cc3)CC2)c1. The summed E-state index contributed by atoms with van der Waals surface area (Å²) in [6.07, 6.45) is 2.58. The Kier molecular flexibility index (Phi) is 7.62. The first kappa shape index (κ1) is 22.4. The molecule has 2 aromatic carbocycles. The van der Waals surface area contributed by atoms with Crippen LogP contribution in [0.4, 0.5) is 5.69 Å². The van der Waals surface area contributed by atoms with Gasteiger partial charge in [-0.3, -0.25) is 4.90 Å². The second kappa shape index (κ2) is 10.2. The van der Waals surface area contributed by atoms with Gasteiger partial charge in [0.05, 0.1) is 18.8 Å². The molecule has 1 aliphatic rings. The van der Waals surface area contributed by atoms with E-state index in [2.05, 4.69) is 41.1 Å². The van der Waals surface area contributed by atoms with Crippen LogP contribution >= 0.6 is 0 Å². The molecule has 0 aromatic heterocycles. The molecule has 0 bridgehead atoms. The number of piperidine rings is 1. The first-order chi connectivity index (χ1) is 14.4. The van der Waals surface area contributed by atoms with E-state index in [0.29, 0.717) is 0 Å². The monoisotopic (exact) mass is 412 g/mol. The zero-order valence-electron chi connectivity index (χ0n) is 18.8. The predicted molar refractivity (Wildman–Crippen MR) is 123 cm³/mol. The number of methoxy groups -OCH3 is 1. The summed E-state index contributed by atoms with van der Waals surface area (Å²) < 4.78 is 11.0. The summed E-state index contributed by atoms with van der Waals surface area (Å²) in [5.41, 5.74) is 1.81. The van der Waals surface area contributed by atoms with Crippen molar-refractivity contribution < 1.29 is 14.6 Å². The summed E-state index contributed by atoms with van der Waals surface area (Å²) in [6.45, 7) is 7.62. The molecule has 164 valence electrons. The van der Waals surface area contributed by atoms with Gasteiger partial charge >= 0.3 is 0 Å². The van der Waals surface area contributed by atoms with Crippen LogP contribution in [0, 0.1) is 0 Å². The van der Waals surface area contributed by atoms with Crippen molar-refractivity contribution in [3.05, 3.63) is 54.1 Å². The van der Waals surface area contributed by atoms with E-state index in [0.717, 1.165) is 62.6 Å². The Hall–Kier alpha value is -2.24. The Morgan fingerprint density at radius 3 is 2.40 bits per heavy atom. The van der Waals surface area contributed by atoms with Crippen molar-refractivity contribution in [3.63, 3.8) is 0 Å². The van der Waals surface area contributed by atoms with Gasteiger partial charge in [0, 0.05) is 38.9 Å². The van der Waals surface area contributed by atoms with E-state index >= 15 is 0 Å². The van der Waals surface area contributed by atoms with Crippen LogP contribution < -0.4 is 14.4 Å². The van der Waals surface area contributed by atoms with Crippen LogP contribution in [0.25, 0.3) is 0 Å². The van der Waals surface area contributed by atoms with E-state index in [4.69, 9.17) is 9.47 Å². The molecule has 0 unspecified atom stereocenters. The van der Waals surface area contributed by atoms with Crippen LogP contribution in [-0.4, -0.2) is 55.5 Å². The molecule has 0 atom stereocenters. The van der Waals surface area contributed by atoms with Gasteiger partial charge in [0.1, 0.15) is 11.5 Å². The number of anilines is 1. The summed E-state index contributed by atoms with van der Waals surface area (Å²) in [5, 5.41) is 11.1. The highest BCUT2D eigenvalue weighted by molar-refractivity contribution is 5.48. The maximum Gasteiger partial charge on any atom is 0.119 e. The van der Waals surface area contributed by atoms with Gasteiger partial charge in [-0.15, -0.1) is 0 Å². The van der Waals surface area contributed by atoms with Crippen molar-refractivity contribution in [2.75, 3.05) is 38.7 Å². The van der Waals surface area contributed by atoms with Gasteiger partial charge in [-0.2, -0.15) is 0 Å². The van der Waals surface area contributed by atoms with Gasteiger partial charge < -0.3 is 19.5 Å². The molecule has 0 radical (unpaired) electrons. The molecule has 2 aromatic rings. The fourth-order valence-electron chi connectivity index (χ4n) is 3.96. The highest BCUT2D eigenvalue weighted by atomic mass is 16.5. The normalized spacial score (nSPS) is 16.5. The van der Waals surface area contributed by atoms with E-state index in [1.165, 1.54) is 5.56 Å². The topological polar surface area (TPSA) is 45.2 Å².